The van der Waals surface area contributed by atoms with Gasteiger partial charge in [-0.3, -0.25) is 19.3 Å². The largest absolute Gasteiger partial charge is 0.352 e. The summed E-state index contributed by atoms with van der Waals surface area (Å²) in [6.07, 6.45) is 4.75. The van der Waals surface area contributed by atoms with Gasteiger partial charge in [0.1, 0.15) is 5.54 Å². The molecule has 8 nitrogen and oxygen atoms in total. The summed E-state index contributed by atoms with van der Waals surface area (Å²) in [6, 6.07) is 6.44. The Balaban J connectivity index is 1.21. The number of urea groups is 1. The van der Waals surface area contributed by atoms with E-state index in [1.54, 1.807) is 24.3 Å². The Hall–Kier alpha value is -2.90. The molecular weight excluding hydrogens is 384 g/mol. The number of hydrogen-bond donors (Lipinski definition) is 3. The first-order valence-electron chi connectivity index (χ1n) is 10.7. The van der Waals surface area contributed by atoms with E-state index in [1.807, 2.05) is 0 Å². The normalized spacial score (nSPS) is 24.1. The van der Waals surface area contributed by atoms with E-state index >= 15 is 0 Å². The van der Waals surface area contributed by atoms with Gasteiger partial charge in [0.25, 0.3) is 11.8 Å². The van der Waals surface area contributed by atoms with Crippen molar-refractivity contribution in [2.45, 2.75) is 51.0 Å². The monoisotopic (exact) mass is 412 g/mol. The quantitative estimate of drug-likeness (QED) is 0.472. The maximum atomic E-state index is 12.6. The summed E-state index contributed by atoms with van der Waals surface area (Å²) in [6.45, 7) is 2.70. The maximum Gasteiger partial charge on any atom is 0.325 e. The van der Waals surface area contributed by atoms with Gasteiger partial charge in [-0.1, -0.05) is 19.8 Å². The van der Waals surface area contributed by atoms with Crippen molar-refractivity contribution in [2.75, 3.05) is 18.4 Å². The molecule has 1 heterocycles. The third kappa shape index (κ3) is 4.04. The topological polar surface area (TPSA) is 108 Å². The highest BCUT2D eigenvalue weighted by atomic mass is 16.2. The van der Waals surface area contributed by atoms with Gasteiger partial charge in [-0.15, -0.1) is 0 Å². The van der Waals surface area contributed by atoms with Crippen LogP contribution in [-0.4, -0.2) is 47.3 Å². The summed E-state index contributed by atoms with van der Waals surface area (Å²) >= 11 is 0. The predicted molar refractivity (Wildman–Crippen MR) is 111 cm³/mol. The van der Waals surface area contributed by atoms with E-state index in [1.165, 1.54) is 4.90 Å². The van der Waals surface area contributed by atoms with Gasteiger partial charge in [-0.25, -0.2) is 4.79 Å². The number of benzene rings is 1. The van der Waals surface area contributed by atoms with Crippen molar-refractivity contribution in [3.8, 4) is 0 Å². The Bertz CT molecular complexity index is 860. The molecule has 3 fully saturated rings. The summed E-state index contributed by atoms with van der Waals surface area (Å²) < 4.78 is 0. The smallest absolute Gasteiger partial charge is 0.325 e. The molecule has 160 valence electrons. The van der Waals surface area contributed by atoms with Crippen molar-refractivity contribution in [3.63, 3.8) is 0 Å². The molecule has 4 rings (SSSR count). The third-order valence-electron chi connectivity index (χ3n) is 6.41. The van der Waals surface area contributed by atoms with Gasteiger partial charge in [0.15, 0.2) is 0 Å². The minimum atomic E-state index is -0.685. The van der Waals surface area contributed by atoms with E-state index in [4.69, 9.17) is 0 Å². The molecule has 0 radical (unpaired) electrons. The first-order valence-corrected chi connectivity index (χ1v) is 10.7. The molecule has 1 spiro atoms. The second kappa shape index (κ2) is 8.08. The lowest BCUT2D eigenvalue weighted by Crippen LogP contribution is -2.44. The van der Waals surface area contributed by atoms with Crippen LogP contribution in [0.2, 0.25) is 0 Å². The van der Waals surface area contributed by atoms with Gasteiger partial charge in [0, 0.05) is 30.3 Å². The molecule has 5 amide bonds. The summed E-state index contributed by atoms with van der Waals surface area (Å²) in [4.78, 5) is 50.3. The van der Waals surface area contributed by atoms with Gasteiger partial charge in [-0.05, 0) is 55.9 Å². The average Bonchev–Trinajstić information content (AvgIpc) is 3.19. The van der Waals surface area contributed by atoms with Crippen LogP contribution in [-0.2, 0) is 9.59 Å². The lowest BCUT2D eigenvalue weighted by atomic mass is 9.98. The van der Waals surface area contributed by atoms with Crippen LogP contribution in [0.5, 0.6) is 0 Å². The first-order chi connectivity index (χ1) is 14.4. The van der Waals surface area contributed by atoms with E-state index in [-0.39, 0.29) is 36.2 Å². The molecule has 3 N–H and O–H groups in total. The van der Waals surface area contributed by atoms with Crippen LogP contribution in [0.4, 0.5) is 10.5 Å². The Kier molecular flexibility index (Phi) is 5.49. The SMILES string of the molecule is CC1CC1C(=O)Nc1ccc(C(=O)NCCCN2C(=O)NC3(CCCC3)C2=O)cc1. The van der Waals surface area contributed by atoms with Crippen molar-refractivity contribution in [1.82, 2.24) is 15.5 Å². The first kappa shape index (κ1) is 20.4. The Labute approximate surface area is 175 Å². The highest BCUT2D eigenvalue weighted by Gasteiger charge is 2.52. The summed E-state index contributed by atoms with van der Waals surface area (Å²) in [5.41, 5.74) is 0.484. The van der Waals surface area contributed by atoms with Crippen LogP contribution in [0.1, 0.15) is 55.8 Å². The summed E-state index contributed by atoms with van der Waals surface area (Å²) in [5, 5.41) is 8.54. The molecule has 0 bridgehead atoms. The van der Waals surface area contributed by atoms with Crippen LogP contribution in [0.15, 0.2) is 24.3 Å². The number of nitrogens with one attached hydrogen (secondary N) is 3. The van der Waals surface area contributed by atoms with Crippen LogP contribution in [0.3, 0.4) is 0 Å². The minimum Gasteiger partial charge on any atom is -0.352 e. The minimum absolute atomic E-state index is 0.0274. The number of nitrogens with zero attached hydrogens (tertiary/aromatic N) is 1. The molecule has 2 saturated carbocycles. The molecular formula is C22H28N4O4. The molecule has 1 aliphatic heterocycles. The standard InChI is InChI=1S/C22H28N4O4/c1-14-13-17(14)19(28)24-16-7-5-15(6-8-16)18(27)23-11-4-12-26-20(29)22(25-21(26)30)9-2-3-10-22/h5-8,14,17H,2-4,9-13H2,1H3,(H,23,27)(H,24,28)(H,25,30). The van der Waals surface area contributed by atoms with Gasteiger partial charge >= 0.3 is 6.03 Å². The molecule has 1 aromatic carbocycles. The number of carbonyl (C=O) groups excluding carboxylic acids is 4. The Morgan fingerprint density at radius 2 is 1.83 bits per heavy atom. The molecule has 1 saturated heterocycles. The van der Waals surface area contributed by atoms with Crippen LogP contribution in [0, 0.1) is 11.8 Å². The predicted octanol–water partition coefficient (Wildman–Crippen LogP) is 2.27. The van der Waals surface area contributed by atoms with Crippen molar-refractivity contribution in [1.29, 1.82) is 0 Å². The lowest BCUT2D eigenvalue weighted by Gasteiger charge is -2.20. The number of amides is 5. The molecule has 2 atom stereocenters. The summed E-state index contributed by atoms with van der Waals surface area (Å²) in [7, 11) is 0. The lowest BCUT2D eigenvalue weighted by molar-refractivity contribution is -0.131. The number of anilines is 1. The maximum absolute atomic E-state index is 12.6. The summed E-state index contributed by atoms with van der Waals surface area (Å²) in [5.74, 6) is 0.212. The average molecular weight is 412 g/mol. The molecule has 3 aliphatic rings. The van der Waals surface area contributed by atoms with Crippen molar-refractivity contribution < 1.29 is 19.2 Å². The highest BCUT2D eigenvalue weighted by molar-refractivity contribution is 6.07. The fraction of sp³-hybridized carbons (Fsp3) is 0.545. The molecule has 2 aliphatic carbocycles. The number of imide groups is 1. The van der Waals surface area contributed by atoms with E-state index in [0.717, 1.165) is 19.3 Å². The second-order valence-electron chi connectivity index (χ2n) is 8.67. The zero-order chi connectivity index (χ0) is 21.3. The zero-order valence-electron chi connectivity index (χ0n) is 17.2. The molecule has 0 aromatic heterocycles. The second-order valence-corrected chi connectivity index (χ2v) is 8.67. The van der Waals surface area contributed by atoms with E-state index in [0.29, 0.717) is 43.0 Å². The van der Waals surface area contributed by atoms with Gasteiger partial charge < -0.3 is 16.0 Å². The van der Waals surface area contributed by atoms with E-state index in [9.17, 15) is 19.2 Å². The van der Waals surface area contributed by atoms with Crippen LogP contribution in [0.25, 0.3) is 0 Å². The van der Waals surface area contributed by atoms with E-state index in [2.05, 4.69) is 22.9 Å². The van der Waals surface area contributed by atoms with Crippen molar-refractivity contribution in [2.24, 2.45) is 11.8 Å². The number of rotatable bonds is 7. The molecule has 2 unspecified atom stereocenters. The van der Waals surface area contributed by atoms with Crippen molar-refractivity contribution >= 4 is 29.4 Å². The molecule has 8 heteroatoms. The third-order valence-corrected chi connectivity index (χ3v) is 6.41. The fourth-order valence-corrected chi connectivity index (χ4v) is 4.37. The van der Waals surface area contributed by atoms with Crippen LogP contribution < -0.4 is 16.0 Å². The van der Waals surface area contributed by atoms with E-state index < -0.39 is 5.54 Å². The Morgan fingerprint density at radius 3 is 2.47 bits per heavy atom. The zero-order valence-corrected chi connectivity index (χ0v) is 17.2. The molecule has 30 heavy (non-hydrogen) atoms. The van der Waals surface area contributed by atoms with Gasteiger partial charge in [-0.2, -0.15) is 0 Å². The fourth-order valence-electron chi connectivity index (χ4n) is 4.37. The number of hydrogen-bond acceptors (Lipinski definition) is 4. The number of carbonyl (C=O) groups is 4. The van der Waals surface area contributed by atoms with Crippen molar-refractivity contribution in [3.05, 3.63) is 29.8 Å². The van der Waals surface area contributed by atoms with Gasteiger partial charge in [0.05, 0.1) is 0 Å². The van der Waals surface area contributed by atoms with Crippen LogP contribution >= 0.6 is 0 Å². The highest BCUT2D eigenvalue weighted by Crippen LogP contribution is 2.38. The Morgan fingerprint density at radius 1 is 1.17 bits per heavy atom. The molecule has 1 aromatic rings. The van der Waals surface area contributed by atoms with Gasteiger partial charge in [0.2, 0.25) is 5.91 Å².